The zero-order chi connectivity index (χ0) is 14.4. The molecule has 0 radical (unpaired) electrons. The molecule has 0 aliphatic carbocycles. The SMILES string of the molecule is CBCCCN1C(=O)C[C@@H](OC2CCCCO2)[C@@H]1CO. The van der Waals surface area contributed by atoms with Gasteiger partial charge in [-0.25, -0.2) is 0 Å². The molecule has 0 spiro atoms. The van der Waals surface area contributed by atoms with E-state index in [1.807, 2.05) is 0 Å². The van der Waals surface area contributed by atoms with Crippen molar-refractivity contribution >= 4 is 13.2 Å². The van der Waals surface area contributed by atoms with Gasteiger partial charge >= 0.3 is 0 Å². The van der Waals surface area contributed by atoms with Crippen LogP contribution in [0.3, 0.4) is 0 Å². The maximum absolute atomic E-state index is 12.1. The maximum atomic E-state index is 12.1. The van der Waals surface area contributed by atoms with E-state index in [4.69, 9.17) is 9.47 Å². The summed E-state index contributed by atoms with van der Waals surface area (Å²) in [6.45, 7) is 3.57. The zero-order valence-electron chi connectivity index (χ0n) is 12.4. The highest BCUT2D eigenvalue weighted by Gasteiger charge is 2.41. The van der Waals surface area contributed by atoms with Crippen LogP contribution in [0.4, 0.5) is 0 Å². The van der Waals surface area contributed by atoms with Crippen LogP contribution in [-0.4, -0.2) is 61.4 Å². The Hall–Kier alpha value is -0.585. The summed E-state index contributed by atoms with van der Waals surface area (Å²) in [5.74, 6) is 0.0981. The third-order valence-electron chi connectivity index (χ3n) is 4.18. The third kappa shape index (κ3) is 3.96. The molecule has 3 atom stereocenters. The molecule has 1 amide bonds. The van der Waals surface area contributed by atoms with Crippen molar-refractivity contribution in [3.63, 3.8) is 0 Å². The largest absolute Gasteiger partial charge is 0.394 e. The second-order valence-corrected chi connectivity index (χ2v) is 5.72. The number of aliphatic hydroxyl groups is 1. The molecule has 114 valence electrons. The van der Waals surface area contributed by atoms with Gasteiger partial charge in [-0.2, -0.15) is 0 Å². The lowest BCUT2D eigenvalue weighted by atomic mass is 9.77. The number of nitrogens with zero attached hydrogens (tertiary/aromatic N) is 1. The lowest BCUT2D eigenvalue weighted by Crippen LogP contribution is -2.42. The predicted octanol–water partition coefficient (Wildman–Crippen LogP) is 0.784. The van der Waals surface area contributed by atoms with E-state index in [0.717, 1.165) is 52.4 Å². The van der Waals surface area contributed by atoms with Crippen molar-refractivity contribution in [2.45, 2.75) is 63.7 Å². The first kappa shape index (κ1) is 15.8. The van der Waals surface area contributed by atoms with Crippen molar-refractivity contribution in [2.75, 3.05) is 19.8 Å². The van der Waals surface area contributed by atoms with E-state index in [0.29, 0.717) is 6.42 Å². The smallest absolute Gasteiger partial charge is 0.225 e. The van der Waals surface area contributed by atoms with E-state index in [1.54, 1.807) is 4.90 Å². The molecule has 1 unspecified atom stereocenters. The number of aliphatic hydroxyl groups excluding tert-OH is 1. The normalized spacial score (nSPS) is 30.8. The lowest BCUT2D eigenvalue weighted by molar-refractivity contribution is -0.193. The minimum atomic E-state index is -0.225. The molecule has 2 saturated heterocycles. The fraction of sp³-hybridized carbons (Fsp3) is 0.929. The summed E-state index contributed by atoms with van der Waals surface area (Å²) in [5.41, 5.74) is 0. The van der Waals surface area contributed by atoms with Gasteiger partial charge in [-0.15, -0.1) is 0 Å². The molecular weight excluding hydrogens is 257 g/mol. The van der Waals surface area contributed by atoms with Gasteiger partial charge in [0.05, 0.1) is 25.2 Å². The molecular formula is C14H26BNO4. The van der Waals surface area contributed by atoms with Crippen LogP contribution < -0.4 is 0 Å². The topological polar surface area (TPSA) is 59.0 Å². The minimum absolute atomic E-state index is 0.0325. The molecule has 0 bridgehead atoms. The molecule has 0 aromatic heterocycles. The number of hydrogen-bond acceptors (Lipinski definition) is 4. The quantitative estimate of drug-likeness (QED) is 0.554. The molecule has 0 aromatic carbocycles. The number of ether oxygens (including phenoxy) is 2. The molecule has 1 N–H and O–H groups in total. The molecule has 2 heterocycles. The standard InChI is InChI=1S/C14H26BNO4/c1-15-6-4-7-16-11(10-17)12(9-13(16)18)20-14-5-2-3-8-19-14/h11-12,14-15,17H,2-10H2,1H3/t11-,12+,14?/m0/s1. The van der Waals surface area contributed by atoms with Gasteiger partial charge in [-0.3, -0.25) is 4.79 Å². The van der Waals surface area contributed by atoms with Gasteiger partial charge in [0, 0.05) is 13.2 Å². The Kier molecular flexibility index (Phi) is 6.32. The predicted molar refractivity (Wildman–Crippen MR) is 78.1 cm³/mol. The lowest BCUT2D eigenvalue weighted by Gasteiger charge is -2.30. The summed E-state index contributed by atoms with van der Waals surface area (Å²) < 4.78 is 11.5. The average molecular weight is 283 g/mol. The van der Waals surface area contributed by atoms with E-state index < -0.39 is 0 Å². The number of amides is 1. The van der Waals surface area contributed by atoms with E-state index in [2.05, 4.69) is 6.82 Å². The van der Waals surface area contributed by atoms with Gasteiger partial charge < -0.3 is 19.5 Å². The van der Waals surface area contributed by atoms with Gasteiger partial charge in [-0.05, 0) is 25.7 Å². The second-order valence-electron chi connectivity index (χ2n) is 5.72. The van der Waals surface area contributed by atoms with E-state index >= 15 is 0 Å². The van der Waals surface area contributed by atoms with Gasteiger partial charge in [0.1, 0.15) is 7.28 Å². The Morgan fingerprint density at radius 2 is 2.35 bits per heavy atom. The average Bonchev–Trinajstić information content (AvgIpc) is 2.76. The van der Waals surface area contributed by atoms with Gasteiger partial charge in [0.2, 0.25) is 5.91 Å². The van der Waals surface area contributed by atoms with Crippen molar-refractivity contribution in [3.8, 4) is 0 Å². The molecule has 6 heteroatoms. The summed E-state index contributed by atoms with van der Waals surface area (Å²) in [6, 6.07) is -0.204. The second kappa shape index (κ2) is 8.00. The Labute approximate surface area is 121 Å². The van der Waals surface area contributed by atoms with Crippen molar-refractivity contribution in [3.05, 3.63) is 0 Å². The van der Waals surface area contributed by atoms with Gasteiger partial charge in [0.25, 0.3) is 0 Å². The summed E-state index contributed by atoms with van der Waals surface area (Å²) in [7, 11) is 1.13. The molecule has 0 aromatic rings. The molecule has 2 aliphatic rings. The molecule has 20 heavy (non-hydrogen) atoms. The van der Waals surface area contributed by atoms with Gasteiger partial charge in [-0.1, -0.05) is 13.1 Å². The van der Waals surface area contributed by atoms with Gasteiger partial charge in [0.15, 0.2) is 6.29 Å². The van der Waals surface area contributed by atoms with Crippen LogP contribution in [0.25, 0.3) is 0 Å². The Morgan fingerprint density at radius 1 is 1.50 bits per heavy atom. The fourth-order valence-electron chi connectivity index (χ4n) is 3.00. The van der Waals surface area contributed by atoms with Crippen LogP contribution in [0.2, 0.25) is 13.1 Å². The van der Waals surface area contributed by atoms with E-state index in [9.17, 15) is 9.90 Å². The first-order valence-corrected chi connectivity index (χ1v) is 7.93. The molecule has 5 nitrogen and oxygen atoms in total. The highest BCUT2D eigenvalue weighted by Crippen LogP contribution is 2.26. The van der Waals surface area contributed by atoms with Crippen LogP contribution in [0.15, 0.2) is 0 Å². The summed E-state index contributed by atoms with van der Waals surface area (Å²) >= 11 is 0. The van der Waals surface area contributed by atoms with Crippen LogP contribution in [0, 0.1) is 0 Å². The maximum Gasteiger partial charge on any atom is 0.225 e. The Balaban J connectivity index is 1.87. The summed E-state index contributed by atoms with van der Waals surface area (Å²) in [5, 5.41) is 9.60. The van der Waals surface area contributed by atoms with Crippen LogP contribution in [0.5, 0.6) is 0 Å². The first-order valence-electron chi connectivity index (χ1n) is 7.93. The van der Waals surface area contributed by atoms with Crippen LogP contribution >= 0.6 is 0 Å². The van der Waals surface area contributed by atoms with Crippen molar-refractivity contribution < 1.29 is 19.4 Å². The highest BCUT2D eigenvalue weighted by atomic mass is 16.7. The van der Waals surface area contributed by atoms with Crippen molar-refractivity contribution in [2.24, 2.45) is 0 Å². The Bertz CT molecular complexity index is 310. The number of carbonyl (C=O) groups is 1. The third-order valence-corrected chi connectivity index (χ3v) is 4.18. The van der Waals surface area contributed by atoms with Crippen LogP contribution in [0.1, 0.15) is 32.1 Å². The zero-order valence-corrected chi connectivity index (χ0v) is 12.4. The van der Waals surface area contributed by atoms with E-state index in [-0.39, 0.29) is 30.9 Å². The van der Waals surface area contributed by atoms with E-state index in [1.165, 1.54) is 0 Å². The fourth-order valence-corrected chi connectivity index (χ4v) is 3.00. The molecule has 2 fully saturated rings. The van der Waals surface area contributed by atoms with Crippen molar-refractivity contribution in [1.82, 2.24) is 4.90 Å². The highest BCUT2D eigenvalue weighted by molar-refractivity contribution is 6.33. The monoisotopic (exact) mass is 283 g/mol. The number of carbonyl (C=O) groups excluding carboxylic acids is 1. The van der Waals surface area contributed by atoms with Crippen LogP contribution in [-0.2, 0) is 14.3 Å². The number of likely N-dealkylation sites (tertiary alicyclic amines) is 1. The molecule has 0 saturated carbocycles. The minimum Gasteiger partial charge on any atom is -0.394 e. The summed E-state index contributed by atoms with van der Waals surface area (Å²) in [6.07, 6.45) is 5.12. The molecule has 2 rings (SSSR count). The molecule has 2 aliphatic heterocycles. The number of hydrogen-bond donors (Lipinski definition) is 1. The van der Waals surface area contributed by atoms with Crippen molar-refractivity contribution in [1.29, 1.82) is 0 Å². The number of rotatable bonds is 7. The Morgan fingerprint density at radius 3 is 3.00 bits per heavy atom. The first-order chi connectivity index (χ1) is 9.76. The summed E-state index contributed by atoms with van der Waals surface area (Å²) in [4.78, 5) is 13.9.